The third-order valence-electron chi connectivity index (χ3n) is 12.1. The Bertz CT molecular complexity index is 2410. The van der Waals surface area contributed by atoms with E-state index in [0.717, 1.165) is 75.2 Å². The lowest BCUT2D eigenvalue weighted by molar-refractivity contribution is 0.306. The molecule has 0 radical (unpaired) electrons. The van der Waals surface area contributed by atoms with Crippen LogP contribution in [0.15, 0.2) is 133 Å². The van der Waals surface area contributed by atoms with Crippen LogP contribution in [0.2, 0.25) is 0 Å². The number of benzene rings is 6. The highest BCUT2D eigenvalue weighted by atomic mass is 16.3. The van der Waals surface area contributed by atoms with Crippen LogP contribution in [0.3, 0.4) is 0 Å². The molecule has 2 atom stereocenters. The molecule has 0 bridgehead atoms. The van der Waals surface area contributed by atoms with E-state index in [-0.39, 0.29) is 16.9 Å². The first kappa shape index (κ1) is 48.6. The van der Waals surface area contributed by atoms with Gasteiger partial charge >= 0.3 is 0 Å². The number of hydrogen-bond donors (Lipinski definition) is 5. The fraction of sp³-hybridized carbons (Fsp3) is 0.390. The van der Waals surface area contributed by atoms with Gasteiger partial charge in [0.1, 0.15) is 5.75 Å². The van der Waals surface area contributed by atoms with Crippen LogP contribution >= 0.6 is 0 Å². The Morgan fingerprint density at radius 3 is 1.20 bits per heavy atom. The molecule has 0 fully saturated rings. The van der Waals surface area contributed by atoms with Crippen molar-refractivity contribution >= 4 is 51.2 Å². The summed E-state index contributed by atoms with van der Waals surface area (Å²) in [5.41, 5.74) is 14.2. The molecule has 0 amide bonds. The first-order chi connectivity index (χ1) is 30.6. The van der Waals surface area contributed by atoms with Crippen molar-refractivity contribution in [2.24, 2.45) is 17.3 Å². The predicted molar refractivity (Wildman–Crippen MR) is 283 cm³/mol. The van der Waals surface area contributed by atoms with Gasteiger partial charge in [-0.05, 0) is 186 Å². The van der Waals surface area contributed by atoms with Gasteiger partial charge in [0.25, 0.3) is 0 Å². The third kappa shape index (κ3) is 14.3. The normalized spacial score (nSPS) is 13.0. The van der Waals surface area contributed by atoms with Crippen LogP contribution in [0.1, 0.15) is 125 Å². The molecule has 6 rings (SSSR count). The van der Waals surface area contributed by atoms with E-state index in [2.05, 4.69) is 250 Å². The summed E-state index contributed by atoms with van der Waals surface area (Å²) in [7, 11) is 0. The molecule has 344 valence electrons. The molecule has 0 aliphatic carbocycles. The monoisotopic (exact) mass is 872 g/mol. The van der Waals surface area contributed by atoms with Crippen LogP contribution in [-0.2, 0) is 23.8 Å². The van der Waals surface area contributed by atoms with Crippen molar-refractivity contribution in [3.8, 4) is 5.75 Å². The Balaban J connectivity index is 1.03. The topological polar surface area (TPSA) is 71.6 Å². The van der Waals surface area contributed by atoms with E-state index in [4.69, 9.17) is 0 Å². The highest BCUT2D eigenvalue weighted by Crippen LogP contribution is 2.39. The van der Waals surface area contributed by atoms with Crippen LogP contribution in [0, 0.1) is 17.3 Å². The minimum atomic E-state index is -0.174. The average molecular weight is 872 g/mol. The molecule has 0 aliphatic heterocycles. The van der Waals surface area contributed by atoms with Gasteiger partial charge in [0.05, 0.1) is 0 Å². The number of nitrogens with one attached hydrogen (secondary N) is 4. The van der Waals surface area contributed by atoms with Crippen molar-refractivity contribution in [3.05, 3.63) is 156 Å². The van der Waals surface area contributed by atoms with Crippen molar-refractivity contribution in [1.82, 2.24) is 0 Å². The standard InChI is InChI=1S/C59H77N5O/c1-40(2)34-42(4)64(39-44-36-45(58(8,9)10)37-55(56(44)65)59(11,12)13)54-32-30-53(31-33-54)63-52-28-26-51(27-29-52)62-50-24-22-49(23-25-50)61-48-20-18-47(19-21-48)60-46-16-14-43(15-17-46)35-41(3)38-57(5,6)7/h14-33,36-37,40-42,60-63,65H,34-35,38-39H2,1-13H3. The van der Waals surface area contributed by atoms with Gasteiger partial charge in [0.2, 0.25) is 0 Å². The molecule has 0 saturated heterocycles. The highest BCUT2D eigenvalue weighted by Gasteiger charge is 2.27. The number of aromatic hydroxyl groups is 1. The summed E-state index contributed by atoms with van der Waals surface area (Å²) < 4.78 is 0. The largest absolute Gasteiger partial charge is 0.507 e. The minimum Gasteiger partial charge on any atom is -0.507 e. The predicted octanol–water partition coefficient (Wildman–Crippen LogP) is 17.0. The Hall–Kier alpha value is -5.88. The number of anilines is 9. The summed E-state index contributed by atoms with van der Waals surface area (Å²) >= 11 is 0. The molecule has 2 unspecified atom stereocenters. The van der Waals surface area contributed by atoms with E-state index in [0.29, 0.717) is 29.5 Å². The molecule has 0 heterocycles. The summed E-state index contributed by atoms with van der Waals surface area (Å²) in [5, 5.41) is 25.9. The van der Waals surface area contributed by atoms with Crippen molar-refractivity contribution < 1.29 is 5.11 Å². The highest BCUT2D eigenvalue weighted by molar-refractivity contribution is 5.70. The Morgan fingerprint density at radius 2 is 0.862 bits per heavy atom. The van der Waals surface area contributed by atoms with Gasteiger partial charge in [-0.3, -0.25) is 0 Å². The van der Waals surface area contributed by atoms with Gasteiger partial charge in [-0.2, -0.15) is 0 Å². The number of hydrogen-bond acceptors (Lipinski definition) is 6. The van der Waals surface area contributed by atoms with Crippen LogP contribution < -0.4 is 26.2 Å². The lowest BCUT2D eigenvalue weighted by Crippen LogP contribution is -2.34. The maximum Gasteiger partial charge on any atom is 0.124 e. The molecule has 0 aliphatic rings. The molecule has 6 heteroatoms. The maximum atomic E-state index is 11.7. The first-order valence-electron chi connectivity index (χ1n) is 23.8. The molecule has 6 aromatic carbocycles. The lowest BCUT2D eigenvalue weighted by atomic mass is 9.79. The smallest absolute Gasteiger partial charge is 0.124 e. The second kappa shape index (κ2) is 20.5. The molecule has 65 heavy (non-hydrogen) atoms. The first-order valence-corrected chi connectivity index (χ1v) is 23.8. The van der Waals surface area contributed by atoms with Gasteiger partial charge in [0.15, 0.2) is 0 Å². The van der Waals surface area contributed by atoms with Crippen LogP contribution in [0.4, 0.5) is 51.2 Å². The van der Waals surface area contributed by atoms with Crippen molar-refractivity contribution in [3.63, 3.8) is 0 Å². The molecular formula is C59H77N5O. The Morgan fingerprint density at radius 1 is 0.492 bits per heavy atom. The molecule has 0 spiro atoms. The maximum absolute atomic E-state index is 11.7. The van der Waals surface area contributed by atoms with Gasteiger partial charge < -0.3 is 31.3 Å². The molecule has 0 aromatic heterocycles. The summed E-state index contributed by atoms with van der Waals surface area (Å²) in [6, 6.07) is 47.5. The number of rotatable bonds is 17. The SMILES string of the molecule is CC(C)CC(C)N(Cc1cc(C(C)(C)C)cc(C(C)(C)C)c1O)c1ccc(Nc2ccc(Nc3ccc(Nc4ccc(Nc5ccc(CC(C)CC(C)(C)C)cc5)cc4)cc3)cc2)cc1. The summed E-state index contributed by atoms with van der Waals surface area (Å²) in [4.78, 5) is 2.45. The fourth-order valence-corrected chi connectivity index (χ4v) is 8.87. The van der Waals surface area contributed by atoms with Crippen LogP contribution in [-0.4, -0.2) is 11.1 Å². The van der Waals surface area contributed by atoms with E-state index in [9.17, 15) is 5.11 Å². The average Bonchev–Trinajstić information content (AvgIpc) is 3.22. The second-order valence-electron chi connectivity index (χ2n) is 22.2. The summed E-state index contributed by atoms with van der Waals surface area (Å²) in [5.74, 6) is 1.63. The van der Waals surface area contributed by atoms with E-state index in [1.807, 2.05) is 0 Å². The van der Waals surface area contributed by atoms with Crippen LogP contribution in [0.25, 0.3) is 0 Å². The lowest BCUT2D eigenvalue weighted by Gasteiger charge is -2.34. The van der Waals surface area contributed by atoms with Crippen molar-refractivity contribution in [1.29, 1.82) is 0 Å². The molecule has 5 N–H and O–H groups in total. The van der Waals surface area contributed by atoms with Gasteiger partial charge in [-0.15, -0.1) is 0 Å². The zero-order valence-electron chi connectivity index (χ0n) is 41.7. The molecular weight excluding hydrogens is 795 g/mol. The quantitative estimate of drug-likeness (QED) is 0.0629. The van der Waals surface area contributed by atoms with Crippen molar-refractivity contribution in [2.45, 2.75) is 133 Å². The molecule has 0 saturated carbocycles. The number of phenolic OH excluding ortho intramolecular Hbond substituents is 1. The molecule has 6 aromatic rings. The summed E-state index contributed by atoms with van der Waals surface area (Å²) in [6.45, 7) is 30.1. The third-order valence-corrected chi connectivity index (χ3v) is 12.1. The molecule has 6 nitrogen and oxygen atoms in total. The van der Waals surface area contributed by atoms with E-state index in [1.54, 1.807) is 0 Å². The zero-order valence-corrected chi connectivity index (χ0v) is 41.7. The zero-order chi connectivity index (χ0) is 47.1. The summed E-state index contributed by atoms with van der Waals surface area (Å²) in [6.07, 6.45) is 3.38. The van der Waals surface area contributed by atoms with Gasteiger partial charge in [-0.1, -0.05) is 101 Å². The van der Waals surface area contributed by atoms with E-state index >= 15 is 0 Å². The Labute approximate surface area is 392 Å². The van der Waals surface area contributed by atoms with Crippen LogP contribution in [0.5, 0.6) is 5.75 Å². The van der Waals surface area contributed by atoms with Crippen molar-refractivity contribution in [2.75, 3.05) is 26.2 Å². The fourth-order valence-electron chi connectivity index (χ4n) is 8.87. The van der Waals surface area contributed by atoms with Gasteiger partial charge in [0, 0.05) is 69.3 Å². The number of nitrogens with zero attached hydrogens (tertiary/aromatic N) is 1. The van der Waals surface area contributed by atoms with E-state index in [1.165, 1.54) is 17.5 Å². The second-order valence-corrected chi connectivity index (χ2v) is 22.2. The minimum absolute atomic E-state index is 0.0326. The van der Waals surface area contributed by atoms with E-state index < -0.39 is 0 Å². The number of phenols is 1. The van der Waals surface area contributed by atoms with Gasteiger partial charge in [-0.25, -0.2) is 0 Å². The Kier molecular flexibility index (Phi) is 15.3.